The molecular weight excluding hydrogens is 440 g/mol. The number of benzene rings is 3. The van der Waals surface area contributed by atoms with Gasteiger partial charge in [0, 0.05) is 12.6 Å². The Balaban J connectivity index is 1.68. The molecule has 2 unspecified atom stereocenters. The minimum absolute atomic E-state index is 0.0183. The van der Waals surface area contributed by atoms with Gasteiger partial charge in [0.2, 0.25) is 10.0 Å². The van der Waals surface area contributed by atoms with Crippen LogP contribution in [0.1, 0.15) is 22.7 Å². The molecule has 0 bridgehead atoms. The minimum Gasteiger partial charge on any atom is -0.506 e. The second-order valence-corrected chi connectivity index (χ2v) is 9.76. The zero-order chi connectivity index (χ0) is 23.8. The fourth-order valence-corrected chi connectivity index (χ4v) is 4.17. The lowest BCUT2D eigenvalue weighted by molar-refractivity contribution is 0.167. The number of rotatable bonds is 11. The lowest BCUT2D eigenvalue weighted by atomic mass is 9.98. The van der Waals surface area contributed by atoms with Gasteiger partial charge in [-0.1, -0.05) is 48.5 Å². The Kier molecular flexibility index (Phi) is 8.32. The third kappa shape index (κ3) is 7.78. The van der Waals surface area contributed by atoms with Gasteiger partial charge >= 0.3 is 0 Å². The summed E-state index contributed by atoms with van der Waals surface area (Å²) in [7, 11) is -1.90. The molecule has 0 saturated heterocycles. The van der Waals surface area contributed by atoms with Crippen LogP contribution in [0, 0.1) is 0 Å². The number of hydrogen-bond acceptors (Lipinski definition) is 6. The highest BCUT2D eigenvalue weighted by molar-refractivity contribution is 7.92. The van der Waals surface area contributed by atoms with E-state index in [0.29, 0.717) is 18.5 Å². The van der Waals surface area contributed by atoms with Crippen LogP contribution in [0.4, 0.5) is 5.69 Å². The summed E-state index contributed by atoms with van der Waals surface area (Å²) < 4.78 is 30.5. The number of methoxy groups -OCH3 is 1. The van der Waals surface area contributed by atoms with Crippen molar-refractivity contribution >= 4 is 15.7 Å². The maximum absolute atomic E-state index is 11.5. The minimum atomic E-state index is -3.53. The van der Waals surface area contributed by atoms with Crippen LogP contribution in [0.25, 0.3) is 0 Å². The first-order chi connectivity index (χ1) is 15.7. The van der Waals surface area contributed by atoms with Crippen LogP contribution >= 0.6 is 0 Å². The van der Waals surface area contributed by atoms with Crippen molar-refractivity contribution in [3.8, 4) is 11.5 Å². The number of hydrogen-bond donors (Lipinski definition) is 4. The fourth-order valence-electron chi connectivity index (χ4n) is 3.61. The van der Waals surface area contributed by atoms with Crippen molar-refractivity contribution in [2.24, 2.45) is 0 Å². The second-order valence-electron chi connectivity index (χ2n) is 8.01. The van der Waals surface area contributed by atoms with Gasteiger partial charge in [-0.3, -0.25) is 4.72 Å². The van der Waals surface area contributed by atoms with E-state index in [0.717, 1.165) is 24.0 Å². The molecule has 0 aliphatic heterocycles. The van der Waals surface area contributed by atoms with Crippen molar-refractivity contribution in [2.75, 3.05) is 24.6 Å². The molecule has 3 aromatic rings. The van der Waals surface area contributed by atoms with E-state index in [2.05, 4.69) is 22.2 Å². The summed E-state index contributed by atoms with van der Waals surface area (Å²) in [5.41, 5.74) is 3.05. The number of phenols is 1. The predicted molar refractivity (Wildman–Crippen MR) is 130 cm³/mol. The largest absolute Gasteiger partial charge is 0.506 e. The maximum Gasteiger partial charge on any atom is 0.229 e. The van der Waals surface area contributed by atoms with Gasteiger partial charge in [0.05, 0.1) is 25.2 Å². The molecule has 0 spiro atoms. The normalized spacial score (nSPS) is 13.3. The zero-order valence-electron chi connectivity index (χ0n) is 18.7. The van der Waals surface area contributed by atoms with Crippen LogP contribution in [0.2, 0.25) is 0 Å². The quantitative estimate of drug-likeness (QED) is 0.321. The summed E-state index contributed by atoms with van der Waals surface area (Å²) in [4.78, 5) is 0. The molecule has 3 rings (SSSR count). The van der Waals surface area contributed by atoms with Gasteiger partial charge in [0.25, 0.3) is 0 Å². The average molecular weight is 471 g/mol. The van der Waals surface area contributed by atoms with Gasteiger partial charge in [0.1, 0.15) is 11.5 Å². The van der Waals surface area contributed by atoms with Gasteiger partial charge in [-0.05, 0) is 53.8 Å². The molecule has 0 fully saturated rings. The van der Waals surface area contributed by atoms with E-state index in [1.807, 2.05) is 42.5 Å². The molecule has 0 aromatic heterocycles. The standard InChI is InChI=1S/C25H30N2O5S/c1-32-22-11-9-20(10-12-22)23(15-18-6-4-3-5-7-18)26-17-21(28)14-19-8-13-25(29)24(16-19)27-33(2,30)31/h3-13,16,21,23,26-29H,14-15,17H2,1-2H3. The third-order valence-corrected chi connectivity index (χ3v) is 5.82. The van der Waals surface area contributed by atoms with Crippen LogP contribution in [0.5, 0.6) is 11.5 Å². The second kappa shape index (κ2) is 11.2. The van der Waals surface area contributed by atoms with Crippen molar-refractivity contribution in [3.63, 3.8) is 0 Å². The Hall–Kier alpha value is -3.07. The van der Waals surface area contributed by atoms with Gasteiger partial charge < -0.3 is 20.3 Å². The van der Waals surface area contributed by atoms with E-state index >= 15 is 0 Å². The van der Waals surface area contributed by atoms with Crippen molar-refractivity contribution < 1.29 is 23.4 Å². The highest BCUT2D eigenvalue weighted by atomic mass is 32.2. The summed E-state index contributed by atoms with van der Waals surface area (Å²) in [6.07, 6.45) is 1.36. The molecule has 7 nitrogen and oxygen atoms in total. The number of nitrogens with one attached hydrogen (secondary N) is 2. The molecular formula is C25H30N2O5S. The summed E-state index contributed by atoms with van der Waals surface area (Å²) >= 11 is 0. The Morgan fingerprint density at radius 2 is 1.64 bits per heavy atom. The molecule has 0 radical (unpaired) electrons. The first kappa shape index (κ1) is 24.6. The monoisotopic (exact) mass is 470 g/mol. The molecule has 33 heavy (non-hydrogen) atoms. The van der Waals surface area contributed by atoms with E-state index in [9.17, 15) is 18.6 Å². The van der Waals surface area contributed by atoms with E-state index in [1.54, 1.807) is 13.2 Å². The first-order valence-electron chi connectivity index (χ1n) is 10.6. The molecule has 0 aliphatic rings. The van der Waals surface area contributed by atoms with E-state index in [4.69, 9.17) is 4.74 Å². The van der Waals surface area contributed by atoms with E-state index < -0.39 is 16.1 Å². The van der Waals surface area contributed by atoms with Gasteiger partial charge in [-0.15, -0.1) is 0 Å². The first-order valence-corrected chi connectivity index (χ1v) is 12.5. The molecule has 8 heteroatoms. The molecule has 0 aliphatic carbocycles. The Morgan fingerprint density at radius 1 is 0.939 bits per heavy atom. The highest BCUT2D eigenvalue weighted by Crippen LogP contribution is 2.26. The maximum atomic E-state index is 11.5. The van der Waals surface area contributed by atoms with Crippen molar-refractivity contribution in [3.05, 3.63) is 89.5 Å². The Labute approximate surface area is 195 Å². The molecule has 0 saturated carbocycles. The number of ether oxygens (including phenoxy) is 1. The van der Waals surface area contributed by atoms with Crippen molar-refractivity contribution in [2.45, 2.75) is 25.0 Å². The van der Waals surface area contributed by atoms with Crippen molar-refractivity contribution in [1.82, 2.24) is 5.32 Å². The predicted octanol–water partition coefficient (Wildman–Crippen LogP) is 3.25. The smallest absolute Gasteiger partial charge is 0.229 e. The lowest BCUT2D eigenvalue weighted by Crippen LogP contribution is -2.32. The summed E-state index contributed by atoms with van der Waals surface area (Å²) in [5.74, 6) is 0.613. The number of sulfonamides is 1. The Morgan fingerprint density at radius 3 is 2.27 bits per heavy atom. The molecule has 4 N–H and O–H groups in total. The fraction of sp³-hybridized carbons (Fsp3) is 0.280. The van der Waals surface area contributed by atoms with Crippen LogP contribution in [0.3, 0.4) is 0 Å². The molecule has 0 amide bonds. The highest BCUT2D eigenvalue weighted by Gasteiger charge is 2.16. The average Bonchev–Trinajstić information content (AvgIpc) is 2.79. The molecule has 2 atom stereocenters. The SMILES string of the molecule is COc1ccc(C(Cc2ccccc2)NCC(O)Cc2ccc(O)c(NS(C)(=O)=O)c2)cc1. The lowest BCUT2D eigenvalue weighted by Gasteiger charge is -2.22. The van der Waals surface area contributed by atoms with Gasteiger partial charge in [-0.25, -0.2) is 8.42 Å². The summed E-state index contributed by atoms with van der Waals surface area (Å²) in [6, 6.07) is 22.6. The number of anilines is 1. The van der Waals surface area contributed by atoms with Crippen LogP contribution in [-0.4, -0.2) is 44.6 Å². The summed E-state index contributed by atoms with van der Waals surface area (Å²) in [5, 5.41) is 24.0. The molecule has 176 valence electrons. The number of aliphatic hydroxyl groups excluding tert-OH is 1. The molecule has 3 aromatic carbocycles. The topological polar surface area (TPSA) is 108 Å². The van der Waals surface area contributed by atoms with Gasteiger partial charge in [-0.2, -0.15) is 0 Å². The van der Waals surface area contributed by atoms with Crippen LogP contribution in [0.15, 0.2) is 72.8 Å². The van der Waals surface area contributed by atoms with E-state index in [1.165, 1.54) is 17.7 Å². The Bertz CT molecular complexity index is 1140. The van der Waals surface area contributed by atoms with E-state index in [-0.39, 0.29) is 17.5 Å². The third-order valence-electron chi connectivity index (χ3n) is 5.23. The van der Waals surface area contributed by atoms with Gasteiger partial charge in [0.15, 0.2) is 0 Å². The summed E-state index contributed by atoms with van der Waals surface area (Å²) in [6.45, 7) is 0.333. The number of aromatic hydroxyl groups is 1. The van der Waals surface area contributed by atoms with Crippen LogP contribution < -0.4 is 14.8 Å². The molecule has 0 heterocycles. The van der Waals surface area contributed by atoms with Crippen LogP contribution in [-0.2, 0) is 22.9 Å². The van der Waals surface area contributed by atoms with Crippen molar-refractivity contribution in [1.29, 1.82) is 0 Å². The number of phenolic OH excluding ortho intramolecular Hbond substituents is 1. The number of aliphatic hydroxyl groups is 1. The zero-order valence-corrected chi connectivity index (χ0v) is 19.5.